The molecule has 0 saturated carbocycles. The Balaban J connectivity index is 3.12. The first-order valence-electron chi connectivity index (χ1n) is 6.56. The third-order valence-corrected chi connectivity index (χ3v) is 3.29. The van der Waals surface area contributed by atoms with Crippen LogP contribution < -0.4 is 5.32 Å². The molecule has 5 nitrogen and oxygen atoms in total. The quantitative estimate of drug-likeness (QED) is 0.872. The van der Waals surface area contributed by atoms with Crippen molar-refractivity contribution in [2.75, 3.05) is 19.4 Å². The number of amides is 1. The number of anilines is 1. The topological polar surface area (TPSA) is 58.1 Å². The van der Waals surface area contributed by atoms with E-state index in [-0.39, 0.29) is 17.4 Å². The Morgan fingerprint density at radius 1 is 1.30 bits per heavy atom. The van der Waals surface area contributed by atoms with E-state index in [0.717, 1.165) is 5.56 Å². The summed E-state index contributed by atoms with van der Waals surface area (Å²) in [5, 5.41) is 3.53. The highest BCUT2D eigenvalue weighted by molar-refractivity contribution is 6.30. The third-order valence-electron chi connectivity index (χ3n) is 2.92. The number of halogens is 1. The van der Waals surface area contributed by atoms with Gasteiger partial charge in [0.1, 0.15) is 22.8 Å². The highest BCUT2D eigenvalue weighted by Crippen LogP contribution is 2.26. The molecule has 1 aromatic rings. The molecule has 0 aromatic carbocycles. The maximum Gasteiger partial charge on any atom is 0.244 e. The maximum atomic E-state index is 11.9. The Kier molecular flexibility index (Phi) is 4.97. The first-order valence-corrected chi connectivity index (χ1v) is 6.94. The van der Waals surface area contributed by atoms with Crippen LogP contribution in [0.5, 0.6) is 0 Å². The van der Waals surface area contributed by atoms with Crippen LogP contribution in [0.3, 0.4) is 0 Å². The smallest absolute Gasteiger partial charge is 0.244 e. The van der Waals surface area contributed by atoms with Crippen molar-refractivity contribution in [3.05, 3.63) is 16.5 Å². The summed E-state index contributed by atoms with van der Waals surface area (Å²) < 4.78 is 0. The number of rotatable bonds is 3. The molecule has 0 saturated heterocycles. The number of nitrogens with zero attached hydrogens (tertiary/aromatic N) is 3. The Morgan fingerprint density at radius 3 is 2.30 bits per heavy atom. The lowest BCUT2D eigenvalue weighted by atomic mass is 9.95. The average Bonchev–Trinajstić information content (AvgIpc) is 2.32. The van der Waals surface area contributed by atoms with Crippen LogP contribution in [-0.4, -0.2) is 40.9 Å². The van der Waals surface area contributed by atoms with Crippen LogP contribution >= 0.6 is 11.6 Å². The molecule has 1 atom stereocenters. The summed E-state index contributed by atoms with van der Waals surface area (Å²) in [5.41, 5.74) is 0.542. The third kappa shape index (κ3) is 3.82. The molecule has 1 unspecified atom stereocenters. The first kappa shape index (κ1) is 16.7. The summed E-state index contributed by atoms with van der Waals surface area (Å²) in [5.74, 6) is 1.24. The summed E-state index contributed by atoms with van der Waals surface area (Å²) in [6.07, 6.45) is 0. The molecule has 0 aliphatic rings. The van der Waals surface area contributed by atoms with Crippen LogP contribution in [0, 0.1) is 6.92 Å². The molecule has 112 valence electrons. The Hall–Kier alpha value is -1.36. The fourth-order valence-corrected chi connectivity index (χ4v) is 1.79. The van der Waals surface area contributed by atoms with Gasteiger partial charge in [0.25, 0.3) is 0 Å². The number of nitrogens with one attached hydrogen (secondary N) is 1. The van der Waals surface area contributed by atoms with Crippen molar-refractivity contribution in [1.82, 2.24) is 14.9 Å². The largest absolute Gasteiger partial charge is 0.358 e. The van der Waals surface area contributed by atoms with Gasteiger partial charge in [-0.25, -0.2) is 9.97 Å². The van der Waals surface area contributed by atoms with Crippen LogP contribution in [0.15, 0.2) is 0 Å². The Morgan fingerprint density at radius 2 is 1.85 bits per heavy atom. The SMILES string of the molecule is Cc1c(Cl)nc(C(C)(C)C)nc1NC(C)C(=O)N(C)C. The molecule has 6 heteroatoms. The second-order valence-electron chi connectivity index (χ2n) is 6.16. The average molecular weight is 299 g/mol. The van der Waals surface area contributed by atoms with E-state index in [2.05, 4.69) is 15.3 Å². The number of hydrogen-bond donors (Lipinski definition) is 1. The molecule has 1 N–H and O–H groups in total. The standard InChI is InChI=1S/C14H23ClN4O/c1-8-10(15)17-13(14(3,4)5)18-11(8)16-9(2)12(20)19(6)7/h9H,1-7H3,(H,16,17,18). The zero-order valence-electron chi connectivity index (χ0n) is 13.2. The minimum Gasteiger partial charge on any atom is -0.358 e. The summed E-state index contributed by atoms with van der Waals surface area (Å²) in [6.45, 7) is 9.70. The zero-order chi connectivity index (χ0) is 15.7. The van der Waals surface area contributed by atoms with E-state index in [0.29, 0.717) is 16.8 Å². The van der Waals surface area contributed by atoms with Gasteiger partial charge in [-0.3, -0.25) is 4.79 Å². The van der Waals surface area contributed by atoms with E-state index in [1.807, 2.05) is 27.7 Å². The van der Waals surface area contributed by atoms with Crippen molar-refractivity contribution < 1.29 is 4.79 Å². The van der Waals surface area contributed by atoms with Crippen molar-refractivity contribution >= 4 is 23.3 Å². The number of carbonyl (C=O) groups is 1. The van der Waals surface area contributed by atoms with Crippen LogP contribution in [0.25, 0.3) is 0 Å². The number of hydrogen-bond acceptors (Lipinski definition) is 4. The fraction of sp³-hybridized carbons (Fsp3) is 0.643. The van der Waals surface area contributed by atoms with Crippen molar-refractivity contribution in [2.45, 2.75) is 46.1 Å². The molecule has 0 bridgehead atoms. The molecular formula is C14H23ClN4O. The van der Waals surface area contributed by atoms with Gasteiger partial charge in [-0.05, 0) is 13.8 Å². The molecule has 1 rings (SSSR count). The Bertz CT molecular complexity index is 509. The summed E-state index contributed by atoms with van der Waals surface area (Å²) in [4.78, 5) is 22.3. The summed E-state index contributed by atoms with van der Waals surface area (Å²) in [6, 6.07) is -0.373. The molecule has 0 spiro atoms. The maximum absolute atomic E-state index is 11.9. The van der Waals surface area contributed by atoms with Crippen LogP contribution in [-0.2, 0) is 10.2 Å². The zero-order valence-corrected chi connectivity index (χ0v) is 14.0. The predicted molar refractivity (Wildman–Crippen MR) is 82.3 cm³/mol. The van der Waals surface area contributed by atoms with Gasteiger partial charge in [-0.2, -0.15) is 0 Å². The van der Waals surface area contributed by atoms with E-state index < -0.39 is 0 Å². The minimum atomic E-state index is -0.373. The van der Waals surface area contributed by atoms with Gasteiger partial charge in [0.2, 0.25) is 5.91 Å². The lowest BCUT2D eigenvalue weighted by Gasteiger charge is -2.22. The lowest BCUT2D eigenvalue weighted by molar-refractivity contribution is -0.129. The number of carbonyl (C=O) groups excluding carboxylic acids is 1. The molecule has 0 radical (unpaired) electrons. The monoisotopic (exact) mass is 298 g/mol. The van der Waals surface area contributed by atoms with E-state index >= 15 is 0 Å². The van der Waals surface area contributed by atoms with Gasteiger partial charge in [0, 0.05) is 25.1 Å². The van der Waals surface area contributed by atoms with Crippen molar-refractivity contribution in [3.8, 4) is 0 Å². The van der Waals surface area contributed by atoms with Crippen LogP contribution in [0.4, 0.5) is 5.82 Å². The summed E-state index contributed by atoms with van der Waals surface area (Å²) in [7, 11) is 3.45. The van der Waals surface area contributed by atoms with E-state index in [9.17, 15) is 4.79 Å². The van der Waals surface area contributed by atoms with Crippen molar-refractivity contribution in [2.24, 2.45) is 0 Å². The van der Waals surface area contributed by atoms with Gasteiger partial charge < -0.3 is 10.2 Å². The molecule has 0 aliphatic heterocycles. The van der Waals surface area contributed by atoms with Gasteiger partial charge in [-0.15, -0.1) is 0 Å². The Labute approximate surface area is 125 Å². The normalized spacial score (nSPS) is 13.0. The van der Waals surface area contributed by atoms with E-state index in [4.69, 9.17) is 11.6 Å². The molecule has 1 heterocycles. The summed E-state index contributed by atoms with van der Waals surface area (Å²) >= 11 is 6.16. The van der Waals surface area contributed by atoms with Gasteiger partial charge in [0.15, 0.2) is 0 Å². The molecule has 1 aromatic heterocycles. The van der Waals surface area contributed by atoms with Gasteiger partial charge >= 0.3 is 0 Å². The number of aromatic nitrogens is 2. The van der Waals surface area contributed by atoms with E-state index in [1.165, 1.54) is 0 Å². The highest BCUT2D eigenvalue weighted by Gasteiger charge is 2.22. The molecular weight excluding hydrogens is 276 g/mol. The fourth-order valence-electron chi connectivity index (χ4n) is 1.62. The van der Waals surface area contributed by atoms with Gasteiger partial charge in [0.05, 0.1) is 0 Å². The second kappa shape index (κ2) is 5.95. The molecule has 1 amide bonds. The molecule has 0 aliphatic carbocycles. The minimum absolute atomic E-state index is 0.0172. The highest BCUT2D eigenvalue weighted by atomic mass is 35.5. The second-order valence-corrected chi connectivity index (χ2v) is 6.52. The molecule has 20 heavy (non-hydrogen) atoms. The first-order chi connectivity index (χ1) is 9.04. The van der Waals surface area contributed by atoms with E-state index in [1.54, 1.807) is 25.9 Å². The van der Waals surface area contributed by atoms with Gasteiger partial charge in [-0.1, -0.05) is 32.4 Å². The number of likely N-dealkylation sites (N-methyl/N-ethyl adjacent to an activating group) is 1. The van der Waals surface area contributed by atoms with Crippen molar-refractivity contribution in [3.63, 3.8) is 0 Å². The molecule has 0 fully saturated rings. The lowest BCUT2D eigenvalue weighted by Crippen LogP contribution is -2.37. The van der Waals surface area contributed by atoms with Crippen LogP contribution in [0.2, 0.25) is 5.15 Å². The predicted octanol–water partition coefficient (Wildman–Crippen LogP) is 2.62. The van der Waals surface area contributed by atoms with Crippen LogP contribution in [0.1, 0.15) is 39.1 Å². The van der Waals surface area contributed by atoms with Crippen molar-refractivity contribution in [1.29, 1.82) is 0 Å².